The van der Waals surface area contributed by atoms with Gasteiger partial charge in [-0.25, -0.2) is 8.42 Å². The zero-order valence-electron chi connectivity index (χ0n) is 19.1. The van der Waals surface area contributed by atoms with Crippen molar-refractivity contribution in [1.82, 2.24) is 19.4 Å². The van der Waals surface area contributed by atoms with Crippen LogP contribution in [0.3, 0.4) is 0 Å². The van der Waals surface area contributed by atoms with Gasteiger partial charge in [0.2, 0.25) is 10.0 Å². The topological polar surface area (TPSA) is 84.3 Å². The minimum atomic E-state index is -3.53. The van der Waals surface area contributed by atoms with Crippen molar-refractivity contribution in [3.8, 4) is 0 Å². The lowest BCUT2D eigenvalue weighted by Gasteiger charge is -2.26. The standard InChI is InChI=1S/C24H34N4O3S/c1-18-23(32(30,31)27-15-7-4-8-16-27)19(2)28(26-18)17-20-11-13-21(14-12-20)24(29)25-22-9-5-3-6-10-22/h11-14,22H,3-10,15-17H2,1-2H3,(H,25,29). The summed E-state index contributed by atoms with van der Waals surface area (Å²) in [5, 5.41) is 7.68. The van der Waals surface area contributed by atoms with Crippen molar-refractivity contribution >= 4 is 15.9 Å². The maximum atomic E-state index is 13.2. The Balaban J connectivity index is 1.46. The van der Waals surface area contributed by atoms with E-state index in [1.807, 2.05) is 31.2 Å². The number of rotatable bonds is 6. The summed E-state index contributed by atoms with van der Waals surface area (Å²) < 4.78 is 29.8. The zero-order valence-corrected chi connectivity index (χ0v) is 20.0. The number of carbonyl (C=O) groups is 1. The van der Waals surface area contributed by atoms with Crippen LogP contribution < -0.4 is 5.32 Å². The monoisotopic (exact) mass is 458 g/mol. The predicted molar refractivity (Wildman–Crippen MR) is 124 cm³/mol. The van der Waals surface area contributed by atoms with Gasteiger partial charge in [0.05, 0.1) is 17.9 Å². The minimum Gasteiger partial charge on any atom is -0.349 e. The molecule has 1 aliphatic heterocycles. The van der Waals surface area contributed by atoms with Crippen molar-refractivity contribution in [1.29, 1.82) is 0 Å². The third kappa shape index (κ3) is 4.91. The molecule has 1 amide bonds. The minimum absolute atomic E-state index is 0.0236. The number of aromatic nitrogens is 2. The van der Waals surface area contributed by atoms with E-state index < -0.39 is 10.0 Å². The van der Waals surface area contributed by atoms with Crippen LogP contribution in [-0.2, 0) is 16.6 Å². The molecule has 8 heteroatoms. The predicted octanol–water partition coefficient (Wildman–Crippen LogP) is 3.79. The van der Waals surface area contributed by atoms with Crippen molar-refractivity contribution in [3.63, 3.8) is 0 Å². The van der Waals surface area contributed by atoms with Gasteiger partial charge in [-0.15, -0.1) is 0 Å². The number of amides is 1. The van der Waals surface area contributed by atoms with E-state index in [9.17, 15) is 13.2 Å². The van der Waals surface area contributed by atoms with Crippen LogP contribution in [-0.4, -0.2) is 47.5 Å². The molecule has 0 atom stereocenters. The Bertz CT molecular complexity index is 1050. The van der Waals surface area contributed by atoms with Gasteiger partial charge in [0.25, 0.3) is 5.91 Å². The number of aryl methyl sites for hydroxylation is 1. The summed E-state index contributed by atoms with van der Waals surface area (Å²) in [6, 6.07) is 7.80. The van der Waals surface area contributed by atoms with Crippen LogP contribution in [0.4, 0.5) is 0 Å². The smallest absolute Gasteiger partial charge is 0.251 e. The average Bonchev–Trinajstić information content (AvgIpc) is 3.08. The van der Waals surface area contributed by atoms with Crippen LogP contribution in [0, 0.1) is 13.8 Å². The highest BCUT2D eigenvalue weighted by Crippen LogP contribution is 2.26. The van der Waals surface area contributed by atoms with Crippen molar-refractivity contribution in [3.05, 3.63) is 46.8 Å². The van der Waals surface area contributed by atoms with Crippen LogP contribution in [0.2, 0.25) is 0 Å². The van der Waals surface area contributed by atoms with Gasteiger partial charge in [0.15, 0.2) is 0 Å². The van der Waals surface area contributed by atoms with Crippen LogP contribution in [0.15, 0.2) is 29.2 Å². The molecule has 0 spiro atoms. The molecule has 0 radical (unpaired) electrons. The van der Waals surface area contributed by atoms with Crippen LogP contribution in [0.25, 0.3) is 0 Å². The number of nitrogens with zero attached hydrogens (tertiary/aromatic N) is 3. The lowest BCUT2D eigenvalue weighted by molar-refractivity contribution is 0.0927. The second kappa shape index (κ2) is 9.75. The Labute approximate surface area is 191 Å². The van der Waals surface area contributed by atoms with E-state index in [-0.39, 0.29) is 11.9 Å². The normalized spacial score (nSPS) is 18.6. The van der Waals surface area contributed by atoms with Gasteiger partial charge in [0, 0.05) is 24.7 Å². The van der Waals surface area contributed by atoms with Crippen molar-refractivity contribution < 1.29 is 13.2 Å². The first-order chi connectivity index (χ1) is 15.4. The Kier molecular flexibility index (Phi) is 7.00. The zero-order chi connectivity index (χ0) is 22.7. The van der Waals surface area contributed by atoms with Gasteiger partial charge in [-0.05, 0) is 57.2 Å². The molecule has 7 nitrogen and oxygen atoms in total. The highest BCUT2D eigenvalue weighted by atomic mass is 32.2. The summed E-state index contributed by atoms with van der Waals surface area (Å²) in [5.41, 5.74) is 2.83. The lowest BCUT2D eigenvalue weighted by Crippen LogP contribution is -2.36. The number of hydrogen-bond donors (Lipinski definition) is 1. The molecule has 1 N–H and O–H groups in total. The maximum Gasteiger partial charge on any atom is 0.251 e. The van der Waals surface area contributed by atoms with Gasteiger partial charge in [-0.3, -0.25) is 9.48 Å². The second-order valence-electron chi connectivity index (χ2n) is 9.13. The Hall–Kier alpha value is -2.19. The molecule has 0 unspecified atom stereocenters. The molecule has 2 aliphatic rings. The molecule has 2 fully saturated rings. The first-order valence-electron chi connectivity index (χ1n) is 11.8. The largest absolute Gasteiger partial charge is 0.349 e. The molecule has 1 aromatic carbocycles. The summed E-state index contributed by atoms with van der Waals surface area (Å²) in [6.07, 6.45) is 8.64. The van der Waals surface area contributed by atoms with Gasteiger partial charge < -0.3 is 5.32 Å². The maximum absolute atomic E-state index is 13.2. The molecule has 4 rings (SSSR count). The fourth-order valence-corrected chi connectivity index (χ4v) is 6.78. The van der Waals surface area contributed by atoms with Crippen molar-refractivity contribution in [2.24, 2.45) is 0 Å². The molecule has 32 heavy (non-hydrogen) atoms. The molecule has 174 valence electrons. The van der Waals surface area contributed by atoms with Crippen LogP contribution in [0.1, 0.15) is 78.7 Å². The van der Waals surface area contributed by atoms with E-state index in [1.54, 1.807) is 15.9 Å². The molecule has 2 heterocycles. The Morgan fingerprint density at radius 2 is 1.62 bits per heavy atom. The molecule has 1 saturated carbocycles. The van der Waals surface area contributed by atoms with Crippen LogP contribution >= 0.6 is 0 Å². The molecule has 1 aliphatic carbocycles. The number of benzene rings is 1. The molecular weight excluding hydrogens is 424 g/mol. The van der Waals surface area contributed by atoms with Crippen molar-refractivity contribution in [2.45, 2.75) is 82.7 Å². The molecular formula is C24H34N4O3S. The van der Waals surface area contributed by atoms with E-state index in [0.717, 1.165) is 37.7 Å². The summed E-state index contributed by atoms with van der Waals surface area (Å²) in [4.78, 5) is 12.9. The second-order valence-corrected chi connectivity index (χ2v) is 11.0. The number of nitrogens with one attached hydrogen (secondary N) is 1. The molecule has 1 saturated heterocycles. The highest BCUT2D eigenvalue weighted by Gasteiger charge is 2.31. The summed E-state index contributed by atoms with van der Waals surface area (Å²) in [6.45, 7) is 5.21. The third-order valence-electron chi connectivity index (χ3n) is 6.72. The number of carbonyl (C=O) groups excluding carboxylic acids is 1. The Morgan fingerprint density at radius 1 is 1.00 bits per heavy atom. The van der Waals surface area contributed by atoms with Gasteiger partial charge in [-0.2, -0.15) is 9.40 Å². The summed E-state index contributed by atoms with van der Waals surface area (Å²) in [7, 11) is -3.53. The first kappa shape index (κ1) is 23.0. The van der Waals surface area contributed by atoms with E-state index in [1.165, 1.54) is 19.3 Å². The highest BCUT2D eigenvalue weighted by molar-refractivity contribution is 7.89. The van der Waals surface area contributed by atoms with Gasteiger partial charge >= 0.3 is 0 Å². The SMILES string of the molecule is Cc1nn(Cc2ccc(C(=O)NC3CCCCC3)cc2)c(C)c1S(=O)(=O)N1CCCCC1. The van der Waals surface area contributed by atoms with E-state index in [2.05, 4.69) is 10.4 Å². The third-order valence-corrected chi connectivity index (χ3v) is 8.87. The summed E-state index contributed by atoms with van der Waals surface area (Å²) >= 11 is 0. The molecule has 1 aromatic heterocycles. The average molecular weight is 459 g/mol. The first-order valence-corrected chi connectivity index (χ1v) is 13.2. The number of piperidine rings is 1. The van der Waals surface area contributed by atoms with E-state index in [0.29, 0.717) is 41.5 Å². The van der Waals surface area contributed by atoms with E-state index >= 15 is 0 Å². The van der Waals surface area contributed by atoms with Gasteiger partial charge in [0.1, 0.15) is 4.90 Å². The van der Waals surface area contributed by atoms with Crippen LogP contribution in [0.5, 0.6) is 0 Å². The summed E-state index contributed by atoms with van der Waals surface area (Å²) in [5.74, 6) is -0.0236. The van der Waals surface area contributed by atoms with Gasteiger partial charge in [-0.1, -0.05) is 37.8 Å². The number of hydrogen-bond acceptors (Lipinski definition) is 4. The molecule has 0 bridgehead atoms. The molecule has 2 aromatic rings. The van der Waals surface area contributed by atoms with E-state index in [4.69, 9.17) is 0 Å². The number of sulfonamides is 1. The fraction of sp³-hybridized carbons (Fsp3) is 0.583. The Morgan fingerprint density at radius 3 is 2.28 bits per heavy atom. The quantitative estimate of drug-likeness (QED) is 0.714. The lowest BCUT2D eigenvalue weighted by atomic mass is 9.95. The fourth-order valence-electron chi connectivity index (χ4n) is 4.89. The van der Waals surface area contributed by atoms with Crippen molar-refractivity contribution in [2.75, 3.05) is 13.1 Å².